The van der Waals surface area contributed by atoms with Crippen LogP contribution in [0.1, 0.15) is 39.0 Å². The average Bonchev–Trinajstić information content (AvgIpc) is 2.64. The Morgan fingerprint density at radius 3 is 2.53 bits per heavy atom. The summed E-state index contributed by atoms with van der Waals surface area (Å²) >= 11 is 0. The monoisotopic (exact) mass is 267 g/mol. The predicted molar refractivity (Wildman–Crippen MR) is 77.8 cm³/mol. The standard InChI is InChI=1S/C15H29N3O/c1-13-4-6-15(12-16,7-5-13)14(19)18-9-3-8-17(2)10-11-18/h13H,3-12,16H2,1-2H3. The molecule has 1 aliphatic heterocycles. The van der Waals surface area contributed by atoms with Crippen LogP contribution in [0.15, 0.2) is 0 Å². The fourth-order valence-corrected chi connectivity index (χ4v) is 3.41. The fourth-order valence-electron chi connectivity index (χ4n) is 3.41. The highest BCUT2D eigenvalue weighted by Crippen LogP contribution is 2.39. The number of rotatable bonds is 2. The number of likely N-dealkylation sites (N-methyl/N-ethyl adjacent to an activating group) is 1. The Morgan fingerprint density at radius 2 is 1.89 bits per heavy atom. The van der Waals surface area contributed by atoms with Gasteiger partial charge in [-0.2, -0.15) is 0 Å². The molecule has 1 amide bonds. The lowest BCUT2D eigenvalue weighted by Gasteiger charge is -2.40. The summed E-state index contributed by atoms with van der Waals surface area (Å²) in [5, 5.41) is 0. The lowest BCUT2D eigenvalue weighted by atomic mass is 9.70. The van der Waals surface area contributed by atoms with Crippen LogP contribution in [0.5, 0.6) is 0 Å². The van der Waals surface area contributed by atoms with Crippen molar-refractivity contribution in [1.29, 1.82) is 0 Å². The second-order valence-corrected chi connectivity index (χ2v) is 6.62. The smallest absolute Gasteiger partial charge is 0.230 e. The molecule has 19 heavy (non-hydrogen) atoms. The molecule has 0 radical (unpaired) electrons. The third-order valence-corrected chi connectivity index (χ3v) is 5.08. The first-order valence-electron chi connectivity index (χ1n) is 7.75. The van der Waals surface area contributed by atoms with E-state index in [-0.39, 0.29) is 5.41 Å². The van der Waals surface area contributed by atoms with Crippen molar-refractivity contribution in [2.75, 3.05) is 39.8 Å². The third-order valence-electron chi connectivity index (χ3n) is 5.08. The first-order chi connectivity index (χ1) is 9.07. The van der Waals surface area contributed by atoms with Crippen LogP contribution < -0.4 is 5.73 Å². The van der Waals surface area contributed by atoms with Gasteiger partial charge in [-0.05, 0) is 51.6 Å². The maximum atomic E-state index is 12.9. The SMILES string of the molecule is CC1CCC(CN)(C(=O)N2CCCN(C)CC2)CC1. The highest BCUT2D eigenvalue weighted by atomic mass is 16.2. The first kappa shape index (κ1) is 14.8. The number of amides is 1. The molecule has 0 aromatic heterocycles. The minimum Gasteiger partial charge on any atom is -0.341 e. The lowest BCUT2D eigenvalue weighted by molar-refractivity contribution is -0.144. The van der Waals surface area contributed by atoms with Gasteiger partial charge in [0.25, 0.3) is 0 Å². The van der Waals surface area contributed by atoms with Crippen molar-refractivity contribution in [2.45, 2.75) is 39.0 Å². The van der Waals surface area contributed by atoms with E-state index in [9.17, 15) is 4.79 Å². The summed E-state index contributed by atoms with van der Waals surface area (Å²) in [4.78, 5) is 17.3. The Bertz CT molecular complexity index is 311. The fraction of sp³-hybridized carbons (Fsp3) is 0.933. The van der Waals surface area contributed by atoms with Gasteiger partial charge in [-0.1, -0.05) is 6.92 Å². The van der Waals surface area contributed by atoms with Gasteiger partial charge in [0.1, 0.15) is 0 Å². The maximum Gasteiger partial charge on any atom is 0.230 e. The minimum atomic E-state index is -0.255. The molecule has 2 rings (SSSR count). The summed E-state index contributed by atoms with van der Waals surface area (Å²) in [5.41, 5.74) is 5.75. The molecule has 0 aromatic carbocycles. The molecule has 0 aromatic rings. The molecule has 4 heteroatoms. The molecule has 1 saturated carbocycles. The van der Waals surface area contributed by atoms with Gasteiger partial charge in [-0.15, -0.1) is 0 Å². The average molecular weight is 267 g/mol. The molecule has 0 atom stereocenters. The van der Waals surface area contributed by atoms with E-state index >= 15 is 0 Å². The lowest BCUT2D eigenvalue weighted by Crippen LogP contribution is -2.50. The summed E-state index contributed by atoms with van der Waals surface area (Å²) in [6.07, 6.45) is 5.35. The molecule has 2 N–H and O–H groups in total. The maximum absolute atomic E-state index is 12.9. The van der Waals surface area contributed by atoms with Crippen molar-refractivity contribution >= 4 is 5.91 Å². The summed E-state index contributed by atoms with van der Waals surface area (Å²) in [5.74, 6) is 1.08. The summed E-state index contributed by atoms with van der Waals surface area (Å²) in [6, 6.07) is 0. The molecule has 0 bridgehead atoms. The number of nitrogens with two attached hydrogens (primary N) is 1. The molecule has 1 heterocycles. The van der Waals surface area contributed by atoms with Crippen molar-refractivity contribution in [3.63, 3.8) is 0 Å². The number of hydrogen-bond donors (Lipinski definition) is 1. The van der Waals surface area contributed by atoms with Gasteiger partial charge in [0.05, 0.1) is 5.41 Å². The second-order valence-electron chi connectivity index (χ2n) is 6.62. The van der Waals surface area contributed by atoms with E-state index < -0.39 is 0 Å². The normalized spacial score (nSPS) is 34.1. The van der Waals surface area contributed by atoms with Crippen LogP contribution >= 0.6 is 0 Å². The van der Waals surface area contributed by atoms with Crippen LogP contribution in [0.4, 0.5) is 0 Å². The van der Waals surface area contributed by atoms with E-state index in [2.05, 4.69) is 23.8 Å². The van der Waals surface area contributed by atoms with Crippen LogP contribution in [-0.4, -0.2) is 55.5 Å². The van der Waals surface area contributed by atoms with Crippen molar-refractivity contribution in [1.82, 2.24) is 9.80 Å². The van der Waals surface area contributed by atoms with Gasteiger partial charge in [0.15, 0.2) is 0 Å². The second kappa shape index (κ2) is 6.23. The van der Waals surface area contributed by atoms with Crippen molar-refractivity contribution in [3.05, 3.63) is 0 Å². The van der Waals surface area contributed by atoms with E-state index in [4.69, 9.17) is 5.73 Å². The van der Waals surface area contributed by atoms with Crippen LogP contribution in [-0.2, 0) is 4.79 Å². The van der Waals surface area contributed by atoms with E-state index in [1.165, 1.54) is 0 Å². The zero-order valence-electron chi connectivity index (χ0n) is 12.5. The molecule has 1 saturated heterocycles. The van der Waals surface area contributed by atoms with Crippen LogP contribution in [0.25, 0.3) is 0 Å². The van der Waals surface area contributed by atoms with Gasteiger partial charge in [-0.25, -0.2) is 0 Å². The van der Waals surface area contributed by atoms with E-state index in [0.29, 0.717) is 12.5 Å². The molecule has 4 nitrogen and oxygen atoms in total. The molecule has 1 aliphatic carbocycles. The minimum absolute atomic E-state index is 0.255. The number of hydrogen-bond acceptors (Lipinski definition) is 3. The number of nitrogens with zero attached hydrogens (tertiary/aromatic N) is 2. The Morgan fingerprint density at radius 1 is 1.21 bits per heavy atom. The quantitative estimate of drug-likeness (QED) is 0.820. The first-order valence-corrected chi connectivity index (χ1v) is 7.75. The van der Waals surface area contributed by atoms with Gasteiger partial charge >= 0.3 is 0 Å². The predicted octanol–water partition coefficient (Wildman–Crippen LogP) is 1.31. The Balaban J connectivity index is 2.03. The van der Waals surface area contributed by atoms with Gasteiger partial charge in [0.2, 0.25) is 5.91 Å². The summed E-state index contributed by atoms with van der Waals surface area (Å²) < 4.78 is 0. The molecule has 110 valence electrons. The Labute approximate surface area is 117 Å². The van der Waals surface area contributed by atoms with Crippen LogP contribution in [0.3, 0.4) is 0 Å². The number of carbonyl (C=O) groups excluding carboxylic acids is 1. The molecular formula is C15H29N3O. The Kier molecular flexibility index (Phi) is 4.85. The summed E-state index contributed by atoms with van der Waals surface area (Å²) in [7, 11) is 2.13. The number of carbonyl (C=O) groups is 1. The van der Waals surface area contributed by atoms with Crippen molar-refractivity contribution in [2.24, 2.45) is 17.1 Å². The van der Waals surface area contributed by atoms with Crippen molar-refractivity contribution < 1.29 is 4.79 Å². The largest absolute Gasteiger partial charge is 0.341 e. The van der Waals surface area contributed by atoms with Gasteiger partial charge < -0.3 is 15.5 Å². The van der Waals surface area contributed by atoms with Crippen molar-refractivity contribution in [3.8, 4) is 0 Å². The van der Waals surface area contributed by atoms with E-state index in [0.717, 1.165) is 64.2 Å². The molecule has 0 spiro atoms. The summed E-state index contributed by atoms with van der Waals surface area (Å²) in [6.45, 7) is 6.66. The van der Waals surface area contributed by atoms with Crippen LogP contribution in [0.2, 0.25) is 0 Å². The highest BCUT2D eigenvalue weighted by molar-refractivity contribution is 5.83. The van der Waals surface area contributed by atoms with Gasteiger partial charge in [-0.3, -0.25) is 4.79 Å². The van der Waals surface area contributed by atoms with E-state index in [1.54, 1.807) is 0 Å². The Hall–Kier alpha value is -0.610. The molecular weight excluding hydrogens is 238 g/mol. The third kappa shape index (κ3) is 3.29. The molecule has 0 unspecified atom stereocenters. The van der Waals surface area contributed by atoms with E-state index in [1.807, 2.05) is 0 Å². The zero-order valence-corrected chi connectivity index (χ0v) is 12.5. The highest BCUT2D eigenvalue weighted by Gasteiger charge is 2.42. The van der Waals surface area contributed by atoms with Crippen LogP contribution in [0, 0.1) is 11.3 Å². The zero-order chi connectivity index (χ0) is 13.9. The topological polar surface area (TPSA) is 49.6 Å². The molecule has 2 fully saturated rings. The van der Waals surface area contributed by atoms with Gasteiger partial charge in [0, 0.05) is 26.2 Å². The molecule has 2 aliphatic rings.